The maximum Gasteiger partial charge on any atom is 0.524 e. The van der Waals surface area contributed by atoms with Gasteiger partial charge in [0.05, 0.1) is 6.42 Å². The Morgan fingerprint density at radius 1 is 1.12 bits per heavy atom. The van der Waals surface area contributed by atoms with Gasteiger partial charge in [-0.3, -0.25) is 9.59 Å². The largest absolute Gasteiger partial charge is 0.524 e. The molecule has 0 radical (unpaired) electrons. The molecule has 17 heavy (non-hydrogen) atoms. The molecule has 0 fully saturated rings. The number of esters is 2. The van der Waals surface area contributed by atoms with Gasteiger partial charge in [-0.05, 0) is 18.1 Å². The fourth-order valence-electron chi connectivity index (χ4n) is 1.23. The van der Waals surface area contributed by atoms with Crippen molar-refractivity contribution in [3.63, 3.8) is 0 Å². The molecule has 0 N–H and O–H groups in total. The van der Waals surface area contributed by atoms with Gasteiger partial charge in [0.15, 0.2) is 0 Å². The Kier molecular flexibility index (Phi) is 4.39. The molecule has 0 saturated heterocycles. The van der Waals surface area contributed by atoms with Gasteiger partial charge >= 0.3 is 18.1 Å². The molecule has 0 amide bonds. The summed E-state index contributed by atoms with van der Waals surface area (Å²) in [6, 6.07) is 7.22. The van der Waals surface area contributed by atoms with Crippen LogP contribution in [0, 0.1) is 6.92 Å². The zero-order valence-electron chi connectivity index (χ0n) is 9.56. The first-order chi connectivity index (χ1) is 7.99. The van der Waals surface area contributed by atoms with Crippen LogP contribution in [-0.4, -0.2) is 18.1 Å². The minimum Gasteiger partial charge on any atom is -0.361 e. The smallest absolute Gasteiger partial charge is 0.361 e. The summed E-state index contributed by atoms with van der Waals surface area (Å²) in [5.41, 5.74) is 1.68. The van der Waals surface area contributed by atoms with E-state index in [1.807, 2.05) is 19.1 Å². The number of hydrogen-bond donors (Lipinski definition) is 0. The van der Waals surface area contributed by atoms with E-state index in [-0.39, 0.29) is 6.42 Å². The predicted molar refractivity (Wildman–Crippen MR) is 58.1 cm³/mol. The van der Waals surface area contributed by atoms with Crippen molar-refractivity contribution in [1.29, 1.82) is 0 Å². The lowest BCUT2D eigenvalue weighted by atomic mass is 10.1. The third-order valence-electron chi connectivity index (χ3n) is 2.02. The molecule has 0 aromatic heterocycles. The van der Waals surface area contributed by atoms with Gasteiger partial charge in [-0.2, -0.15) is 0 Å². The number of benzene rings is 1. The highest BCUT2D eigenvalue weighted by Gasteiger charge is 2.14. The summed E-state index contributed by atoms with van der Waals surface area (Å²) in [5, 5.41) is 0. The highest BCUT2D eigenvalue weighted by atomic mass is 16.8. The first-order valence-electron chi connectivity index (χ1n) is 4.96. The zero-order valence-corrected chi connectivity index (χ0v) is 9.56. The third-order valence-corrected chi connectivity index (χ3v) is 2.02. The maximum absolute atomic E-state index is 11.3. The first-order valence-corrected chi connectivity index (χ1v) is 4.96. The summed E-state index contributed by atoms with van der Waals surface area (Å²) in [6.45, 7) is 2.89. The standard InChI is InChI=1S/C12H12O5/c1-8-5-3-4-6-10(8)7-11(14)17-12(15)16-9(2)13/h3-6H,7H2,1-2H3. The third kappa shape index (κ3) is 4.46. The van der Waals surface area contributed by atoms with Crippen LogP contribution >= 0.6 is 0 Å². The van der Waals surface area contributed by atoms with E-state index in [2.05, 4.69) is 9.47 Å². The molecule has 0 aliphatic heterocycles. The van der Waals surface area contributed by atoms with Crippen LogP contribution in [0.5, 0.6) is 0 Å². The lowest BCUT2D eigenvalue weighted by molar-refractivity contribution is -0.144. The summed E-state index contributed by atoms with van der Waals surface area (Å²) in [7, 11) is 0. The van der Waals surface area contributed by atoms with Crippen molar-refractivity contribution in [2.24, 2.45) is 0 Å². The van der Waals surface area contributed by atoms with Gasteiger partial charge in [0, 0.05) is 6.92 Å². The van der Waals surface area contributed by atoms with Crippen molar-refractivity contribution in [2.45, 2.75) is 20.3 Å². The molecule has 90 valence electrons. The van der Waals surface area contributed by atoms with Gasteiger partial charge in [0.2, 0.25) is 0 Å². The van der Waals surface area contributed by atoms with Crippen molar-refractivity contribution >= 4 is 18.1 Å². The number of carbonyl (C=O) groups excluding carboxylic acids is 3. The minimum absolute atomic E-state index is 0.0420. The van der Waals surface area contributed by atoms with Gasteiger partial charge in [0.25, 0.3) is 0 Å². The number of hydrogen-bond acceptors (Lipinski definition) is 5. The van der Waals surface area contributed by atoms with E-state index in [0.717, 1.165) is 18.1 Å². The molecule has 0 spiro atoms. The van der Waals surface area contributed by atoms with Gasteiger partial charge in [-0.15, -0.1) is 0 Å². The molecule has 0 bridgehead atoms. The molecule has 1 aromatic rings. The van der Waals surface area contributed by atoms with Crippen molar-refractivity contribution in [3.05, 3.63) is 35.4 Å². The normalized spacial score (nSPS) is 9.53. The predicted octanol–water partition coefficient (Wildman–Crippen LogP) is 1.76. The van der Waals surface area contributed by atoms with Crippen molar-refractivity contribution in [1.82, 2.24) is 0 Å². The molecule has 5 heteroatoms. The van der Waals surface area contributed by atoms with Gasteiger partial charge in [-0.1, -0.05) is 24.3 Å². The number of rotatable bonds is 2. The van der Waals surface area contributed by atoms with Gasteiger partial charge in [-0.25, -0.2) is 4.79 Å². The highest BCUT2D eigenvalue weighted by Crippen LogP contribution is 2.08. The van der Waals surface area contributed by atoms with Crippen LogP contribution in [0.3, 0.4) is 0 Å². The molecule has 0 heterocycles. The van der Waals surface area contributed by atoms with Crippen LogP contribution in [-0.2, 0) is 25.5 Å². The van der Waals surface area contributed by atoms with E-state index in [4.69, 9.17) is 0 Å². The van der Waals surface area contributed by atoms with Crippen LogP contribution < -0.4 is 0 Å². The molecule has 0 unspecified atom stereocenters. The molecule has 0 atom stereocenters. The van der Waals surface area contributed by atoms with Crippen molar-refractivity contribution in [3.8, 4) is 0 Å². The van der Waals surface area contributed by atoms with Crippen LogP contribution in [0.2, 0.25) is 0 Å². The first kappa shape index (κ1) is 12.9. The summed E-state index contributed by atoms with van der Waals surface area (Å²) in [4.78, 5) is 32.6. The molecule has 5 nitrogen and oxygen atoms in total. The lowest BCUT2D eigenvalue weighted by Crippen LogP contribution is -2.17. The number of ether oxygens (including phenoxy) is 2. The van der Waals surface area contributed by atoms with E-state index >= 15 is 0 Å². The Balaban J connectivity index is 2.53. The Morgan fingerprint density at radius 2 is 1.76 bits per heavy atom. The molecular weight excluding hydrogens is 224 g/mol. The molecular formula is C12H12O5. The van der Waals surface area contributed by atoms with Gasteiger partial charge < -0.3 is 9.47 Å². The van der Waals surface area contributed by atoms with E-state index in [0.29, 0.717) is 0 Å². The summed E-state index contributed by atoms with van der Waals surface area (Å²) in [5.74, 6) is -1.58. The Bertz CT molecular complexity index is 450. The van der Waals surface area contributed by atoms with E-state index in [1.54, 1.807) is 12.1 Å². The highest BCUT2D eigenvalue weighted by molar-refractivity contribution is 5.88. The quantitative estimate of drug-likeness (QED) is 0.578. The van der Waals surface area contributed by atoms with Crippen molar-refractivity contribution in [2.75, 3.05) is 0 Å². The molecule has 0 saturated carbocycles. The Hall–Kier alpha value is -2.17. The number of aryl methyl sites for hydroxylation is 1. The molecule has 0 aliphatic carbocycles. The van der Waals surface area contributed by atoms with E-state index in [1.165, 1.54) is 0 Å². The maximum atomic E-state index is 11.3. The summed E-state index contributed by atoms with van der Waals surface area (Å²) >= 11 is 0. The second-order valence-electron chi connectivity index (χ2n) is 3.42. The van der Waals surface area contributed by atoms with Crippen LogP contribution in [0.4, 0.5) is 4.79 Å². The van der Waals surface area contributed by atoms with Gasteiger partial charge in [0.1, 0.15) is 0 Å². The SMILES string of the molecule is CC(=O)OC(=O)OC(=O)Cc1ccccc1C. The summed E-state index contributed by atoms with van der Waals surface area (Å²) in [6.07, 6.45) is -1.34. The fraction of sp³-hybridized carbons (Fsp3) is 0.250. The second kappa shape index (κ2) is 5.79. The number of carbonyl (C=O) groups is 3. The fourth-order valence-corrected chi connectivity index (χ4v) is 1.23. The van der Waals surface area contributed by atoms with Crippen LogP contribution in [0.1, 0.15) is 18.1 Å². The van der Waals surface area contributed by atoms with Crippen LogP contribution in [0.25, 0.3) is 0 Å². The van der Waals surface area contributed by atoms with E-state index < -0.39 is 18.1 Å². The van der Waals surface area contributed by atoms with Crippen molar-refractivity contribution < 1.29 is 23.9 Å². The molecule has 1 aromatic carbocycles. The molecule has 1 rings (SSSR count). The lowest BCUT2D eigenvalue weighted by Gasteiger charge is -2.04. The Morgan fingerprint density at radius 3 is 2.35 bits per heavy atom. The Labute approximate surface area is 98.3 Å². The average Bonchev–Trinajstić information content (AvgIpc) is 2.19. The van der Waals surface area contributed by atoms with E-state index in [9.17, 15) is 14.4 Å². The summed E-state index contributed by atoms with van der Waals surface area (Å²) < 4.78 is 8.37. The minimum atomic E-state index is -1.30. The van der Waals surface area contributed by atoms with Crippen LogP contribution in [0.15, 0.2) is 24.3 Å². The average molecular weight is 236 g/mol. The monoisotopic (exact) mass is 236 g/mol. The molecule has 0 aliphatic rings. The zero-order chi connectivity index (χ0) is 12.8. The topological polar surface area (TPSA) is 69.7 Å². The second-order valence-corrected chi connectivity index (χ2v) is 3.42.